The second kappa shape index (κ2) is 10.6. The molecule has 0 radical (unpaired) electrons. The van der Waals surface area contributed by atoms with Crippen LogP contribution in [0.4, 0.5) is 0 Å². The Hall–Kier alpha value is -2.84. The van der Waals surface area contributed by atoms with E-state index >= 15 is 0 Å². The van der Waals surface area contributed by atoms with Gasteiger partial charge in [-0.2, -0.15) is 0 Å². The van der Waals surface area contributed by atoms with Crippen molar-refractivity contribution in [2.24, 2.45) is 35.5 Å². The number of rotatable bonds is 9. The average molecular weight is 473 g/mol. The van der Waals surface area contributed by atoms with Crippen molar-refractivity contribution < 1.29 is 24.3 Å². The zero-order valence-corrected chi connectivity index (χ0v) is 20.6. The van der Waals surface area contributed by atoms with Gasteiger partial charge in [-0.25, -0.2) is 9.78 Å². The highest BCUT2D eigenvalue weighted by Crippen LogP contribution is 2.46. The number of aromatic nitrogens is 2. The van der Waals surface area contributed by atoms with Gasteiger partial charge < -0.3 is 15.3 Å². The quantitative estimate of drug-likeness (QED) is 0.528. The number of hydrogen-bond donors (Lipinski definition) is 2. The number of hydrogen-bond acceptors (Lipinski definition) is 6. The number of fused-ring (bicyclic) bond motifs is 1. The summed E-state index contributed by atoms with van der Waals surface area (Å²) in [6.07, 6.45) is 5.99. The molecule has 3 rings (SSSR count). The molecule has 0 aromatic carbocycles. The van der Waals surface area contributed by atoms with Crippen LogP contribution in [-0.2, 0) is 14.4 Å². The molecule has 2 fully saturated rings. The molecular weight excluding hydrogens is 436 g/mol. The van der Waals surface area contributed by atoms with Crippen LogP contribution in [0.3, 0.4) is 0 Å². The van der Waals surface area contributed by atoms with E-state index in [0.717, 1.165) is 12.8 Å². The Morgan fingerprint density at radius 3 is 2.35 bits per heavy atom. The number of nitrogens with one attached hydrogen (secondary N) is 1. The fraction of sp³-hybridized carbons (Fsp3) is 0.680. The first kappa shape index (κ1) is 25.8. The summed E-state index contributed by atoms with van der Waals surface area (Å²) in [5, 5.41) is 12.8. The summed E-state index contributed by atoms with van der Waals surface area (Å²) in [5.74, 6) is -2.59. The molecule has 186 valence electrons. The van der Waals surface area contributed by atoms with E-state index in [2.05, 4.69) is 22.2 Å². The number of amides is 2. The normalized spacial score (nSPS) is 25.8. The number of Topliss-reactive ketones (excluding diaryl/α,β-unsaturated/α-hetero) is 1. The van der Waals surface area contributed by atoms with Crippen molar-refractivity contribution in [3.05, 3.63) is 24.3 Å². The van der Waals surface area contributed by atoms with Gasteiger partial charge in [0.2, 0.25) is 11.8 Å². The summed E-state index contributed by atoms with van der Waals surface area (Å²) in [4.78, 5) is 61.0. The zero-order chi connectivity index (χ0) is 25.2. The standard InChI is InChI=1S/C25H36N4O5/c1-13(2)17(10-20(30)19-11-26-8-9-27-19)23(31)28-21(14(3)4)24(32)29-12-18-15(5)6-7-16(18)22(29)25(33)34/h8-9,11,13-18,21-22H,6-7,10,12H2,1-5H3,(H,28,31)(H,33,34)/t15-,16+,17-,18-,21+,22+/m1/s1. The third-order valence-corrected chi connectivity index (χ3v) is 7.55. The fourth-order valence-corrected chi connectivity index (χ4v) is 5.46. The van der Waals surface area contributed by atoms with E-state index in [9.17, 15) is 24.3 Å². The molecule has 34 heavy (non-hydrogen) atoms. The molecule has 0 bridgehead atoms. The minimum absolute atomic E-state index is 0.0482. The molecule has 2 amide bonds. The van der Waals surface area contributed by atoms with Crippen LogP contribution in [-0.4, -0.2) is 62.2 Å². The number of aliphatic carboxylic acids is 1. The van der Waals surface area contributed by atoms with Crippen LogP contribution in [0, 0.1) is 35.5 Å². The van der Waals surface area contributed by atoms with Gasteiger partial charge in [-0.1, -0.05) is 41.0 Å². The van der Waals surface area contributed by atoms with Gasteiger partial charge in [0.1, 0.15) is 17.8 Å². The minimum atomic E-state index is -0.988. The topological polar surface area (TPSA) is 130 Å². The molecule has 9 nitrogen and oxygen atoms in total. The summed E-state index contributed by atoms with van der Waals surface area (Å²) >= 11 is 0. The van der Waals surface area contributed by atoms with E-state index in [1.165, 1.54) is 23.5 Å². The molecule has 2 aliphatic rings. The van der Waals surface area contributed by atoms with Crippen LogP contribution >= 0.6 is 0 Å². The van der Waals surface area contributed by atoms with Crippen molar-refractivity contribution >= 4 is 23.6 Å². The van der Waals surface area contributed by atoms with Gasteiger partial charge in [-0.15, -0.1) is 0 Å². The number of carboxylic acid groups (broad SMARTS) is 1. The maximum atomic E-state index is 13.6. The number of carboxylic acids is 1. The summed E-state index contributed by atoms with van der Waals surface area (Å²) in [6.45, 7) is 9.87. The van der Waals surface area contributed by atoms with Crippen molar-refractivity contribution in [3.8, 4) is 0 Å². The van der Waals surface area contributed by atoms with E-state index in [1.54, 1.807) is 0 Å². The summed E-state index contributed by atoms with van der Waals surface area (Å²) in [6, 6.07) is -1.73. The lowest BCUT2D eigenvalue weighted by Gasteiger charge is -2.32. The average Bonchev–Trinajstić information content (AvgIpc) is 3.34. The van der Waals surface area contributed by atoms with E-state index < -0.39 is 24.0 Å². The maximum Gasteiger partial charge on any atom is 0.326 e. The fourth-order valence-electron chi connectivity index (χ4n) is 5.46. The van der Waals surface area contributed by atoms with Gasteiger partial charge in [0.25, 0.3) is 0 Å². The first-order valence-electron chi connectivity index (χ1n) is 12.2. The Morgan fingerprint density at radius 1 is 1.09 bits per heavy atom. The molecule has 1 saturated heterocycles. The number of likely N-dealkylation sites (tertiary alicyclic amines) is 1. The van der Waals surface area contributed by atoms with E-state index in [4.69, 9.17) is 0 Å². The number of carbonyl (C=O) groups is 4. The monoisotopic (exact) mass is 472 g/mol. The number of ketones is 1. The minimum Gasteiger partial charge on any atom is -0.480 e. The molecule has 1 aromatic rings. The van der Waals surface area contributed by atoms with Crippen molar-refractivity contribution in [2.45, 2.75) is 66.0 Å². The third kappa shape index (κ3) is 5.28. The van der Waals surface area contributed by atoms with Crippen LogP contribution in [0.5, 0.6) is 0 Å². The van der Waals surface area contributed by atoms with Gasteiger partial charge in [-0.3, -0.25) is 19.4 Å². The van der Waals surface area contributed by atoms with Gasteiger partial charge in [-0.05, 0) is 36.0 Å². The van der Waals surface area contributed by atoms with Crippen molar-refractivity contribution in [1.82, 2.24) is 20.2 Å². The van der Waals surface area contributed by atoms with Crippen LogP contribution in [0.2, 0.25) is 0 Å². The molecule has 9 heteroatoms. The second-order valence-corrected chi connectivity index (χ2v) is 10.5. The highest BCUT2D eigenvalue weighted by molar-refractivity contribution is 5.98. The molecule has 6 atom stereocenters. The predicted molar refractivity (Wildman–Crippen MR) is 125 cm³/mol. The lowest BCUT2D eigenvalue weighted by molar-refractivity contribution is -0.151. The van der Waals surface area contributed by atoms with Crippen LogP contribution in [0.25, 0.3) is 0 Å². The van der Waals surface area contributed by atoms with Crippen molar-refractivity contribution in [2.75, 3.05) is 6.54 Å². The van der Waals surface area contributed by atoms with Crippen LogP contribution in [0.1, 0.15) is 64.4 Å². The molecule has 1 aliphatic heterocycles. The first-order valence-corrected chi connectivity index (χ1v) is 12.2. The Bertz CT molecular complexity index is 919. The van der Waals surface area contributed by atoms with Gasteiger partial charge in [0, 0.05) is 31.3 Å². The number of nitrogens with zero attached hydrogens (tertiary/aromatic N) is 3. The molecule has 1 aliphatic carbocycles. The Kier molecular flexibility index (Phi) is 8.05. The molecule has 1 aromatic heterocycles. The second-order valence-electron chi connectivity index (χ2n) is 10.5. The van der Waals surface area contributed by atoms with Gasteiger partial charge >= 0.3 is 5.97 Å². The lowest BCUT2D eigenvalue weighted by atomic mass is 9.88. The Morgan fingerprint density at radius 2 is 1.79 bits per heavy atom. The summed E-state index contributed by atoms with van der Waals surface area (Å²) in [5.41, 5.74) is 0.194. The Labute approximate surface area is 200 Å². The summed E-state index contributed by atoms with van der Waals surface area (Å²) in [7, 11) is 0. The smallest absolute Gasteiger partial charge is 0.326 e. The molecule has 1 saturated carbocycles. The van der Waals surface area contributed by atoms with E-state index in [1.807, 2.05) is 27.7 Å². The largest absolute Gasteiger partial charge is 0.480 e. The van der Waals surface area contributed by atoms with Gasteiger partial charge in [0.15, 0.2) is 5.78 Å². The first-order chi connectivity index (χ1) is 16.0. The molecular formula is C25H36N4O5. The van der Waals surface area contributed by atoms with Gasteiger partial charge in [0.05, 0.1) is 6.20 Å². The zero-order valence-electron chi connectivity index (χ0n) is 20.6. The molecule has 2 heterocycles. The highest BCUT2D eigenvalue weighted by atomic mass is 16.4. The van der Waals surface area contributed by atoms with Crippen molar-refractivity contribution in [1.29, 1.82) is 0 Å². The predicted octanol–water partition coefficient (Wildman–Crippen LogP) is 2.42. The number of carbonyl (C=O) groups excluding carboxylic acids is 3. The lowest BCUT2D eigenvalue weighted by Crippen LogP contribution is -2.55. The maximum absolute atomic E-state index is 13.6. The SMILES string of the molecule is CC(C)[C@H](NC(=O)[C@H](CC(=O)c1cnccn1)C(C)C)C(=O)N1C[C@H]2[C@H](CC[C@H]2C)[C@H]1C(=O)O. The Balaban J connectivity index is 1.76. The molecule has 2 N–H and O–H groups in total. The van der Waals surface area contributed by atoms with E-state index in [0.29, 0.717) is 12.5 Å². The summed E-state index contributed by atoms with van der Waals surface area (Å²) < 4.78 is 0. The molecule has 0 spiro atoms. The van der Waals surface area contributed by atoms with Crippen molar-refractivity contribution in [3.63, 3.8) is 0 Å². The van der Waals surface area contributed by atoms with E-state index in [-0.39, 0.29) is 53.4 Å². The highest BCUT2D eigenvalue weighted by Gasteiger charge is 2.53. The van der Waals surface area contributed by atoms with Crippen LogP contribution in [0.15, 0.2) is 18.6 Å². The third-order valence-electron chi connectivity index (χ3n) is 7.55. The molecule has 0 unspecified atom stereocenters. The van der Waals surface area contributed by atoms with Crippen LogP contribution < -0.4 is 5.32 Å².